The molecule has 2 N–H and O–H groups in total. The SMILES string of the molecule is O=C(NCc1cccnc1)c1ccc2nc(C(F)(F)F)[nH]c2c1. The first-order valence-electron chi connectivity index (χ1n) is 6.67. The molecule has 0 bridgehead atoms. The maximum absolute atomic E-state index is 12.6. The summed E-state index contributed by atoms with van der Waals surface area (Å²) in [5.74, 6) is -1.47. The van der Waals surface area contributed by atoms with Crippen molar-refractivity contribution in [1.82, 2.24) is 20.3 Å². The second-order valence-corrected chi connectivity index (χ2v) is 4.86. The van der Waals surface area contributed by atoms with Crippen LogP contribution in [0.25, 0.3) is 11.0 Å². The first-order valence-corrected chi connectivity index (χ1v) is 6.67. The highest BCUT2D eigenvalue weighted by Crippen LogP contribution is 2.28. The minimum absolute atomic E-state index is 0.154. The first kappa shape index (κ1) is 15.0. The van der Waals surface area contributed by atoms with Gasteiger partial charge in [0.2, 0.25) is 5.82 Å². The summed E-state index contributed by atoms with van der Waals surface area (Å²) < 4.78 is 37.8. The molecule has 1 aromatic carbocycles. The van der Waals surface area contributed by atoms with E-state index in [0.29, 0.717) is 0 Å². The number of nitrogens with zero attached hydrogens (tertiary/aromatic N) is 2. The Labute approximate surface area is 128 Å². The number of nitrogens with one attached hydrogen (secondary N) is 2. The zero-order chi connectivity index (χ0) is 16.4. The van der Waals surface area contributed by atoms with Crippen LogP contribution in [0.15, 0.2) is 42.7 Å². The molecular weight excluding hydrogens is 309 g/mol. The highest BCUT2D eigenvalue weighted by molar-refractivity contribution is 5.97. The molecule has 0 fully saturated rings. The Morgan fingerprint density at radius 1 is 1.26 bits per heavy atom. The fourth-order valence-corrected chi connectivity index (χ4v) is 2.07. The van der Waals surface area contributed by atoms with Crippen LogP contribution in [0.2, 0.25) is 0 Å². The molecule has 3 rings (SSSR count). The Hall–Kier alpha value is -2.90. The van der Waals surface area contributed by atoms with Gasteiger partial charge in [-0.15, -0.1) is 0 Å². The van der Waals surface area contributed by atoms with E-state index in [1.54, 1.807) is 24.5 Å². The standard InChI is InChI=1S/C15H11F3N4O/c16-15(17,18)14-21-11-4-3-10(6-12(11)22-14)13(23)20-8-9-2-1-5-19-7-9/h1-7H,8H2,(H,20,23)(H,21,22). The molecule has 0 radical (unpaired) electrons. The van der Waals surface area contributed by atoms with Crippen molar-refractivity contribution in [2.24, 2.45) is 0 Å². The van der Waals surface area contributed by atoms with Crippen molar-refractivity contribution in [3.8, 4) is 0 Å². The molecule has 8 heteroatoms. The van der Waals surface area contributed by atoms with Crippen LogP contribution >= 0.6 is 0 Å². The molecule has 23 heavy (non-hydrogen) atoms. The summed E-state index contributed by atoms with van der Waals surface area (Å²) in [5, 5.41) is 2.68. The van der Waals surface area contributed by atoms with Crippen molar-refractivity contribution in [3.05, 3.63) is 59.7 Å². The first-order chi connectivity index (χ1) is 10.9. The number of carbonyl (C=O) groups is 1. The highest BCUT2D eigenvalue weighted by atomic mass is 19.4. The van der Waals surface area contributed by atoms with E-state index in [-0.39, 0.29) is 29.0 Å². The molecule has 0 unspecified atom stereocenters. The molecule has 0 aliphatic rings. The smallest absolute Gasteiger partial charge is 0.348 e. The van der Waals surface area contributed by atoms with Gasteiger partial charge in [-0.2, -0.15) is 13.2 Å². The molecule has 118 valence electrons. The number of alkyl halides is 3. The minimum atomic E-state index is -4.55. The van der Waals surface area contributed by atoms with Gasteiger partial charge < -0.3 is 10.3 Å². The van der Waals surface area contributed by atoms with Crippen LogP contribution < -0.4 is 5.32 Å². The maximum atomic E-state index is 12.6. The fraction of sp³-hybridized carbons (Fsp3) is 0.133. The fourth-order valence-electron chi connectivity index (χ4n) is 2.07. The van der Waals surface area contributed by atoms with E-state index in [1.165, 1.54) is 18.2 Å². The largest absolute Gasteiger partial charge is 0.449 e. The van der Waals surface area contributed by atoms with E-state index < -0.39 is 12.0 Å². The molecule has 0 aliphatic carbocycles. The van der Waals surface area contributed by atoms with Crippen molar-refractivity contribution in [2.45, 2.75) is 12.7 Å². The number of hydrogen-bond donors (Lipinski definition) is 2. The average molecular weight is 320 g/mol. The number of pyridine rings is 1. The number of hydrogen-bond acceptors (Lipinski definition) is 3. The van der Waals surface area contributed by atoms with E-state index in [4.69, 9.17) is 0 Å². The van der Waals surface area contributed by atoms with E-state index in [0.717, 1.165) is 5.56 Å². The zero-order valence-electron chi connectivity index (χ0n) is 11.7. The molecule has 0 saturated heterocycles. The van der Waals surface area contributed by atoms with Gasteiger partial charge in [-0.3, -0.25) is 9.78 Å². The van der Waals surface area contributed by atoms with E-state index in [1.807, 2.05) is 0 Å². The van der Waals surface area contributed by atoms with Crippen LogP contribution in [-0.2, 0) is 12.7 Å². The Balaban J connectivity index is 1.78. The quantitative estimate of drug-likeness (QED) is 0.779. The van der Waals surface area contributed by atoms with Crippen LogP contribution in [0.5, 0.6) is 0 Å². The number of fused-ring (bicyclic) bond motifs is 1. The summed E-state index contributed by atoms with van der Waals surface area (Å²) in [4.78, 5) is 21.6. The molecule has 5 nitrogen and oxygen atoms in total. The van der Waals surface area contributed by atoms with Gasteiger partial charge in [0.15, 0.2) is 0 Å². The van der Waals surface area contributed by atoms with Gasteiger partial charge in [0.1, 0.15) is 0 Å². The second kappa shape index (κ2) is 5.71. The normalized spacial score (nSPS) is 11.6. The Morgan fingerprint density at radius 2 is 2.09 bits per heavy atom. The molecule has 0 saturated carbocycles. The summed E-state index contributed by atoms with van der Waals surface area (Å²) in [6.45, 7) is 0.279. The predicted octanol–water partition coefficient (Wildman–Crippen LogP) is 2.91. The van der Waals surface area contributed by atoms with Crippen molar-refractivity contribution in [1.29, 1.82) is 0 Å². The summed E-state index contributed by atoms with van der Waals surface area (Å²) in [5.41, 5.74) is 1.38. The summed E-state index contributed by atoms with van der Waals surface area (Å²) in [6, 6.07) is 7.70. The number of aromatic amines is 1. The van der Waals surface area contributed by atoms with Gasteiger partial charge in [0.25, 0.3) is 5.91 Å². The monoisotopic (exact) mass is 320 g/mol. The number of imidazole rings is 1. The van der Waals surface area contributed by atoms with Gasteiger partial charge in [-0.1, -0.05) is 6.07 Å². The maximum Gasteiger partial charge on any atom is 0.449 e. The summed E-state index contributed by atoms with van der Waals surface area (Å²) in [7, 11) is 0. The number of halogens is 3. The van der Waals surface area contributed by atoms with Crippen molar-refractivity contribution in [2.75, 3.05) is 0 Å². The Bertz CT molecular complexity index is 843. The molecule has 0 atom stereocenters. The van der Waals surface area contributed by atoms with Crippen LogP contribution in [0.3, 0.4) is 0 Å². The molecule has 0 spiro atoms. The van der Waals surface area contributed by atoms with E-state index in [2.05, 4.69) is 20.3 Å². The number of rotatable bonds is 3. The lowest BCUT2D eigenvalue weighted by Crippen LogP contribution is -2.22. The third kappa shape index (κ3) is 3.31. The Kier molecular flexibility index (Phi) is 3.73. The zero-order valence-corrected chi connectivity index (χ0v) is 11.7. The third-order valence-corrected chi connectivity index (χ3v) is 3.19. The number of H-pyrrole nitrogens is 1. The number of carbonyl (C=O) groups excluding carboxylic acids is 1. The van der Waals surface area contributed by atoms with Gasteiger partial charge in [-0.05, 0) is 29.8 Å². The summed E-state index contributed by atoms with van der Waals surface area (Å²) in [6.07, 6.45) is -1.31. The van der Waals surface area contributed by atoms with E-state index >= 15 is 0 Å². The third-order valence-electron chi connectivity index (χ3n) is 3.19. The molecule has 0 aliphatic heterocycles. The molecule has 2 heterocycles. The highest BCUT2D eigenvalue weighted by Gasteiger charge is 2.34. The number of amides is 1. The average Bonchev–Trinajstić information content (AvgIpc) is 2.97. The van der Waals surface area contributed by atoms with Crippen LogP contribution in [0, 0.1) is 0 Å². The van der Waals surface area contributed by atoms with E-state index in [9.17, 15) is 18.0 Å². The van der Waals surface area contributed by atoms with Gasteiger partial charge in [-0.25, -0.2) is 4.98 Å². The molecular formula is C15H11F3N4O. The number of benzene rings is 1. The molecule has 2 aromatic heterocycles. The Morgan fingerprint density at radius 3 is 2.78 bits per heavy atom. The van der Waals surface area contributed by atoms with Crippen LogP contribution in [0.1, 0.15) is 21.7 Å². The van der Waals surface area contributed by atoms with Crippen molar-refractivity contribution < 1.29 is 18.0 Å². The number of aromatic nitrogens is 3. The molecule has 3 aromatic rings. The lowest BCUT2D eigenvalue weighted by molar-refractivity contribution is -0.144. The van der Waals surface area contributed by atoms with Gasteiger partial charge in [0, 0.05) is 24.5 Å². The van der Waals surface area contributed by atoms with Crippen LogP contribution in [0.4, 0.5) is 13.2 Å². The van der Waals surface area contributed by atoms with Crippen molar-refractivity contribution >= 4 is 16.9 Å². The van der Waals surface area contributed by atoms with Crippen LogP contribution in [-0.4, -0.2) is 20.9 Å². The van der Waals surface area contributed by atoms with Gasteiger partial charge in [0.05, 0.1) is 11.0 Å². The lowest BCUT2D eigenvalue weighted by atomic mass is 10.2. The van der Waals surface area contributed by atoms with Gasteiger partial charge >= 0.3 is 6.18 Å². The molecule has 1 amide bonds. The van der Waals surface area contributed by atoms with Crippen molar-refractivity contribution in [3.63, 3.8) is 0 Å². The topological polar surface area (TPSA) is 70.7 Å². The summed E-state index contributed by atoms with van der Waals surface area (Å²) >= 11 is 0. The minimum Gasteiger partial charge on any atom is -0.348 e. The second-order valence-electron chi connectivity index (χ2n) is 4.86. The lowest BCUT2D eigenvalue weighted by Gasteiger charge is -2.05. The predicted molar refractivity (Wildman–Crippen MR) is 76.5 cm³/mol.